The van der Waals surface area contributed by atoms with Gasteiger partial charge in [0.2, 0.25) is 0 Å². The lowest BCUT2D eigenvalue weighted by Crippen LogP contribution is -2.32. The van der Waals surface area contributed by atoms with E-state index in [1.807, 2.05) is 6.07 Å². The second-order valence-electron chi connectivity index (χ2n) is 8.20. The molecule has 2 aromatic rings. The van der Waals surface area contributed by atoms with Crippen LogP contribution in [0.2, 0.25) is 0 Å². The maximum atomic E-state index is 6.54. The summed E-state index contributed by atoms with van der Waals surface area (Å²) in [7, 11) is 0. The number of hydrogen-bond acceptors (Lipinski definition) is 6. The van der Waals surface area contributed by atoms with Crippen LogP contribution in [0.5, 0.6) is 5.75 Å². The Bertz CT molecular complexity index is 840. The first kappa shape index (κ1) is 17.1. The smallest absolute Gasteiger partial charge is 0.142 e. The van der Waals surface area contributed by atoms with Gasteiger partial charge in [-0.15, -0.1) is 0 Å². The molecule has 0 unspecified atom stereocenters. The zero-order valence-corrected chi connectivity index (χ0v) is 15.5. The molecule has 0 aliphatic heterocycles. The second kappa shape index (κ2) is 6.13. The Hall–Kier alpha value is -2.34. The normalized spacial score (nSPS) is 23.8. The Balaban J connectivity index is 1.72. The van der Waals surface area contributed by atoms with Crippen molar-refractivity contribution in [2.45, 2.75) is 63.5 Å². The van der Waals surface area contributed by atoms with Gasteiger partial charge in [0.1, 0.15) is 17.9 Å². The summed E-state index contributed by atoms with van der Waals surface area (Å²) in [6.07, 6.45) is 6.47. The third kappa shape index (κ3) is 2.78. The van der Waals surface area contributed by atoms with E-state index in [4.69, 9.17) is 21.9 Å². The van der Waals surface area contributed by atoms with Crippen LogP contribution in [0.3, 0.4) is 0 Å². The van der Waals surface area contributed by atoms with Crippen molar-refractivity contribution in [2.24, 2.45) is 5.73 Å². The van der Waals surface area contributed by atoms with E-state index in [9.17, 15) is 0 Å². The van der Waals surface area contributed by atoms with E-state index >= 15 is 0 Å². The van der Waals surface area contributed by atoms with E-state index in [1.165, 1.54) is 6.33 Å². The first-order chi connectivity index (χ1) is 12.4. The summed E-state index contributed by atoms with van der Waals surface area (Å²) in [4.78, 5) is 8.70. The van der Waals surface area contributed by atoms with E-state index < -0.39 is 0 Å². The van der Waals surface area contributed by atoms with E-state index in [0.29, 0.717) is 17.5 Å². The van der Waals surface area contributed by atoms with Crippen LogP contribution >= 0.6 is 0 Å². The second-order valence-corrected chi connectivity index (χ2v) is 8.20. The first-order valence-corrected chi connectivity index (χ1v) is 9.31. The number of ether oxygens (including phenoxy) is 1. The number of rotatable bonds is 2. The van der Waals surface area contributed by atoms with E-state index in [2.05, 4.69) is 29.9 Å². The van der Waals surface area contributed by atoms with Gasteiger partial charge in [-0.05, 0) is 55.2 Å². The first-order valence-electron chi connectivity index (χ1n) is 9.31. The van der Waals surface area contributed by atoms with Crippen molar-refractivity contribution in [3.63, 3.8) is 0 Å². The summed E-state index contributed by atoms with van der Waals surface area (Å²) in [6.45, 7) is 4.31. The maximum absolute atomic E-state index is 6.54. The number of fused-ring (bicyclic) bond motifs is 3. The molecule has 0 spiro atoms. The summed E-state index contributed by atoms with van der Waals surface area (Å²) in [5.41, 5.74) is 23.2. The Kier molecular flexibility index (Phi) is 4.03. The Morgan fingerprint density at radius 3 is 2.54 bits per heavy atom. The van der Waals surface area contributed by atoms with Crippen molar-refractivity contribution in [3.8, 4) is 17.0 Å². The zero-order chi connectivity index (χ0) is 18.5. The highest BCUT2D eigenvalue weighted by Gasteiger charge is 2.36. The van der Waals surface area contributed by atoms with Gasteiger partial charge < -0.3 is 21.9 Å². The highest BCUT2D eigenvalue weighted by atomic mass is 16.5. The fourth-order valence-corrected chi connectivity index (χ4v) is 4.35. The molecule has 1 heterocycles. The molecule has 0 bridgehead atoms. The standard InChI is InChI=1S/C20H27N5O/c1-20(2)9-14-13(18-16(20)19(23)25-10-24-18)7-8-15(17(14)22)26-12-5-3-11(21)4-6-12/h7-8,10-12H,3-6,9,21-22H2,1-2H3,(H2,23,24,25)/t11-,12-. The predicted octanol–water partition coefficient (Wildman–Crippen LogP) is 2.79. The van der Waals surface area contributed by atoms with Crippen molar-refractivity contribution >= 4 is 11.5 Å². The summed E-state index contributed by atoms with van der Waals surface area (Å²) >= 11 is 0. The molecule has 0 atom stereocenters. The van der Waals surface area contributed by atoms with Gasteiger partial charge in [0.25, 0.3) is 0 Å². The Labute approximate surface area is 154 Å². The molecule has 1 aromatic carbocycles. The van der Waals surface area contributed by atoms with Crippen LogP contribution in [-0.2, 0) is 11.8 Å². The van der Waals surface area contributed by atoms with Crippen LogP contribution in [0.25, 0.3) is 11.3 Å². The number of anilines is 2. The van der Waals surface area contributed by atoms with Crippen molar-refractivity contribution in [2.75, 3.05) is 11.5 Å². The molecule has 26 heavy (non-hydrogen) atoms. The van der Waals surface area contributed by atoms with Gasteiger partial charge in [0.05, 0.1) is 17.5 Å². The molecule has 1 saturated carbocycles. The number of benzene rings is 1. The van der Waals surface area contributed by atoms with Crippen LogP contribution in [0.15, 0.2) is 18.5 Å². The SMILES string of the molecule is CC1(C)Cc2c(ccc(O[C@H]3CC[C@H](N)CC3)c2N)-c2ncnc(N)c21. The zero-order valence-electron chi connectivity index (χ0n) is 15.5. The molecule has 6 nitrogen and oxygen atoms in total. The summed E-state index contributed by atoms with van der Waals surface area (Å²) in [6, 6.07) is 4.32. The highest BCUT2D eigenvalue weighted by Crippen LogP contribution is 2.47. The average Bonchev–Trinajstić information content (AvgIpc) is 2.59. The molecule has 4 rings (SSSR count). The molecule has 138 valence electrons. The van der Waals surface area contributed by atoms with Crippen molar-refractivity contribution < 1.29 is 4.74 Å². The van der Waals surface area contributed by atoms with Crippen molar-refractivity contribution in [3.05, 3.63) is 29.6 Å². The molecule has 1 fully saturated rings. The molecule has 6 heteroatoms. The largest absolute Gasteiger partial charge is 0.488 e. The quantitative estimate of drug-likeness (QED) is 0.716. The van der Waals surface area contributed by atoms with Crippen LogP contribution < -0.4 is 21.9 Å². The number of nitrogens with two attached hydrogens (primary N) is 3. The number of nitrogens with zero attached hydrogens (tertiary/aromatic N) is 2. The average molecular weight is 353 g/mol. The molecule has 1 aromatic heterocycles. The van der Waals surface area contributed by atoms with Crippen molar-refractivity contribution in [1.29, 1.82) is 0 Å². The summed E-state index contributed by atoms with van der Waals surface area (Å²) in [5, 5.41) is 0. The van der Waals surface area contributed by atoms with Gasteiger partial charge in [-0.3, -0.25) is 0 Å². The van der Waals surface area contributed by atoms with E-state index in [1.54, 1.807) is 0 Å². The lowest BCUT2D eigenvalue weighted by Gasteiger charge is -2.35. The van der Waals surface area contributed by atoms with Gasteiger partial charge >= 0.3 is 0 Å². The summed E-state index contributed by atoms with van der Waals surface area (Å²) < 4.78 is 6.24. The van der Waals surface area contributed by atoms with Crippen LogP contribution in [0.4, 0.5) is 11.5 Å². The minimum Gasteiger partial charge on any atom is -0.488 e. The fraction of sp³-hybridized carbons (Fsp3) is 0.500. The van der Waals surface area contributed by atoms with Gasteiger partial charge in [0.15, 0.2) is 0 Å². The lowest BCUT2D eigenvalue weighted by atomic mass is 9.71. The number of aromatic nitrogens is 2. The number of hydrogen-bond donors (Lipinski definition) is 3. The number of nitrogen functional groups attached to an aromatic ring is 2. The molecule has 2 aliphatic carbocycles. The van der Waals surface area contributed by atoms with Crippen LogP contribution in [0, 0.1) is 0 Å². The van der Waals surface area contributed by atoms with Crippen LogP contribution in [-0.4, -0.2) is 22.1 Å². The van der Waals surface area contributed by atoms with Gasteiger partial charge in [-0.2, -0.15) is 0 Å². The maximum Gasteiger partial charge on any atom is 0.142 e. The van der Waals surface area contributed by atoms with E-state index in [-0.39, 0.29) is 11.5 Å². The van der Waals surface area contributed by atoms with Gasteiger partial charge in [0, 0.05) is 17.2 Å². The molecular formula is C20H27N5O. The molecule has 0 amide bonds. The monoisotopic (exact) mass is 353 g/mol. The van der Waals surface area contributed by atoms with Gasteiger partial charge in [-0.1, -0.05) is 13.8 Å². The van der Waals surface area contributed by atoms with Crippen LogP contribution in [0.1, 0.15) is 50.7 Å². The molecule has 0 radical (unpaired) electrons. The molecular weight excluding hydrogens is 326 g/mol. The Morgan fingerprint density at radius 1 is 1.08 bits per heavy atom. The van der Waals surface area contributed by atoms with Gasteiger partial charge in [-0.25, -0.2) is 9.97 Å². The predicted molar refractivity (Wildman–Crippen MR) is 104 cm³/mol. The molecule has 0 saturated heterocycles. The minimum atomic E-state index is -0.183. The third-order valence-electron chi connectivity index (χ3n) is 5.76. The lowest BCUT2D eigenvalue weighted by molar-refractivity contribution is 0.148. The molecule has 2 aliphatic rings. The third-order valence-corrected chi connectivity index (χ3v) is 5.76. The Morgan fingerprint density at radius 2 is 1.81 bits per heavy atom. The molecule has 6 N–H and O–H groups in total. The van der Waals surface area contributed by atoms with E-state index in [0.717, 1.165) is 60.2 Å². The summed E-state index contributed by atoms with van der Waals surface area (Å²) in [5.74, 6) is 1.31. The fourth-order valence-electron chi connectivity index (χ4n) is 4.35. The topological polar surface area (TPSA) is 113 Å². The van der Waals surface area contributed by atoms with Crippen molar-refractivity contribution in [1.82, 2.24) is 9.97 Å². The highest BCUT2D eigenvalue weighted by molar-refractivity contribution is 5.81. The minimum absolute atomic E-state index is 0.183.